The summed E-state index contributed by atoms with van der Waals surface area (Å²) in [6, 6.07) is 13.2. The SMILES string of the molecule is C[C@H](Oc1ccc(C#N)cc1)C(=O)NNC(=O)CCC(=O)c1ccc(F)cc1. The number of Topliss-reactive ketones (excluding diaryl/α,β-unsaturated/α-hetero) is 1. The molecule has 2 amide bonds. The van der Waals surface area contributed by atoms with E-state index in [1.54, 1.807) is 24.3 Å². The second kappa shape index (κ2) is 9.83. The van der Waals surface area contributed by atoms with Crippen LogP contribution in [-0.4, -0.2) is 23.7 Å². The van der Waals surface area contributed by atoms with E-state index in [0.29, 0.717) is 16.9 Å². The maximum absolute atomic E-state index is 12.8. The Morgan fingerprint density at radius 2 is 1.68 bits per heavy atom. The standard InChI is InChI=1S/C20H18FN3O4/c1-13(28-17-8-2-14(12-22)3-9-17)20(27)24-23-19(26)11-10-18(25)15-4-6-16(21)7-5-15/h2-9,13H,10-11H2,1H3,(H,23,26)(H,24,27)/t13-/m0/s1. The van der Waals surface area contributed by atoms with E-state index in [4.69, 9.17) is 10.00 Å². The second-order valence-electron chi connectivity index (χ2n) is 5.86. The average molecular weight is 383 g/mol. The number of amides is 2. The van der Waals surface area contributed by atoms with Gasteiger partial charge in [-0.2, -0.15) is 5.26 Å². The van der Waals surface area contributed by atoms with Crippen LogP contribution in [0.15, 0.2) is 48.5 Å². The molecule has 0 saturated carbocycles. The lowest BCUT2D eigenvalue weighted by Crippen LogP contribution is -2.47. The maximum atomic E-state index is 12.8. The van der Waals surface area contributed by atoms with E-state index >= 15 is 0 Å². The quantitative estimate of drug-likeness (QED) is 0.563. The molecule has 0 unspecified atom stereocenters. The molecule has 0 saturated heterocycles. The molecule has 2 aromatic carbocycles. The molecule has 0 fully saturated rings. The lowest BCUT2D eigenvalue weighted by molar-refractivity contribution is -0.132. The van der Waals surface area contributed by atoms with Gasteiger partial charge < -0.3 is 4.74 Å². The van der Waals surface area contributed by atoms with E-state index < -0.39 is 23.7 Å². The largest absolute Gasteiger partial charge is 0.481 e. The molecule has 2 rings (SSSR count). The van der Waals surface area contributed by atoms with Crippen molar-refractivity contribution in [2.45, 2.75) is 25.9 Å². The number of ether oxygens (including phenoxy) is 1. The summed E-state index contributed by atoms with van der Waals surface area (Å²) in [6.45, 7) is 1.50. The number of ketones is 1. The van der Waals surface area contributed by atoms with Crippen LogP contribution in [-0.2, 0) is 9.59 Å². The van der Waals surface area contributed by atoms with Crippen LogP contribution in [0.3, 0.4) is 0 Å². The highest BCUT2D eigenvalue weighted by molar-refractivity contribution is 5.98. The van der Waals surface area contributed by atoms with Gasteiger partial charge in [-0.15, -0.1) is 0 Å². The van der Waals surface area contributed by atoms with Crippen LogP contribution in [0.1, 0.15) is 35.7 Å². The summed E-state index contributed by atoms with van der Waals surface area (Å²) in [6.07, 6.45) is -1.11. The fraction of sp³-hybridized carbons (Fsp3) is 0.200. The van der Waals surface area contributed by atoms with Gasteiger partial charge in [-0.05, 0) is 55.5 Å². The van der Waals surface area contributed by atoms with Crippen LogP contribution in [0.4, 0.5) is 4.39 Å². The van der Waals surface area contributed by atoms with Crippen molar-refractivity contribution in [3.63, 3.8) is 0 Å². The van der Waals surface area contributed by atoms with Crippen LogP contribution in [0.5, 0.6) is 5.75 Å². The minimum absolute atomic E-state index is 0.0787. The Labute approximate surface area is 161 Å². The number of nitriles is 1. The highest BCUT2D eigenvalue weighted by Gasteiger charge is 2.16. The fourth-order valence-corrected chi connectivity index (χ4v) is 2.17. The molecule has 0 bridgehead atoms. The molecule has 0 aromatic heterocycles. The Morgan fingerprint density at radius 3 is 2.29 bits per heavy atom. The van der Waals surface area contributed by atoms with E-state index in [9.17, 15) is 18.8 Å². The maximum Gasteiger partial charge on any atom is 0.279 e. The van der Waals surface area contributed by atoms with Crippen LogP contribution in [0.2, 0.25) is 0 Å². The van der Waals surface area contributed by atoms with Crippen LogP contribution in [0.25, 0.3) is 0 Å². The van der Waals surface area contributed by atoms with Crippen LogP contribution < -0.4 is 15.6 Å². The first-order valence-electron chi connectivity index (χ1n) is 8.43. The number of nitrogens with one attached hydrogen (secondary N) is 2. The summed E-state index contributed by atoms with van der Waals surface area (Å²) in [4.78, 5) is 35.7. The van der Waals surface area contributed by atoms with Gasteiger partial charge in [0.05, 0.1) is 11.6 Å². The number of rotatable bonds is 7. The molecule has 0 heterocycles. The van der Waals surface area contributed by atoms with Gasteiger partial charge in [0.15, 0.2) is 11.9 Å². The smallest absolute Gasteiger partial charge is 0.279 e. The van der Waals surface area contributed by atoms with Crippen LogP contribution >= 0.6 is 0 Å². The van der Waals surface area contributed by atoms with E-state index in [2.05, 4.69) is 10.9 Å². The van der Waals surface area contributed by atoms with Gasteiger partial charge in [-0.1, -0.05) is 0 Å². The summed E-state index contributed by atoms with van der Waals surface area (Å²) in [5, 5.41) is 8.74. The summed E-state index contributed by atoms with van der Waals surface area (Å²) < 4.78 is 18.3. The Bertz CT molecular complexity index is 889. The van der Waals surface area contributed by atoms with E-state index in [1.165, 1.54) is 31.2 Å². The van der Waals surface area contributed by atoms with Gasteiger partial charge in [0.2, 0.25) is 5.91 Å². The highest BCUT2D eigenvalue weighted by Crippen LogP contribution is 2.13. The number of halogens is 1. The number of carbonyl (C=O) groups excluding carboxylic acids is 3. The zero-order chi connectivity index (χ0) is 20.5. The Balaban J connectivity index is 1.73. The second-order valence-corrected chi connectivity index (χ2v) is 5.86. The Kier molecular flexibility index (Phi) is 7.22. The van der Waals surface area contributed by atoms with Crippen molar-refractivity contribution in [2.75, 3.05) is 0 Å². The summed E-state index contributed by atoms with van der Waals surface area (Å²) >= 11 is 0. The van der Waals surface area contributed by atoms with Gasteiger partial charge in [0, 0.05) is 18.4 Å². The first-order valence-corrected chi connectivity index (χ1v) is 8.43. The molecule has 7 nitrogen and oxygen atoms in total. The third kappa shape index (κ3) is 6.21. The molecule has 8 heteroatoms. The predicted octanol–water partition coefficient (Wildman–Crippen LogP) is 2.28. The van der Waals surface area contributed by atoms with E-state index in [0.717, 1.165) is 0 Å². The van der Waals surface area contributed by atoms with E-state index in [-0.39, 0.29) is 18.6 Å². The first kappa shape index (κ1) is 20.6. The van der Waals surface area contributed by atoms with Crippen molar-refractivity contribution < 1.29 is 23.5 Å². The molecule has 0 aliphatic heterocycles. The van der Waals surface area contributed by atoms with Gasteiger partial charge in [-0.3, -0.25) is 25.2 Å². The normalized spacial score (nSPS) is 11.0. The number of hydrogen-bond donors (Lipinski definition) is 2. The molecule has 0 spiro atoms. The molecular weight excluding hydrogens is 365 g/mol. The van der Waals surface area contributed by atoms with Gasteiger partial charge >= 0.3 is 0 Å². The fourth-order valence-electron chi connectivity index (χ4n) is 2.17. The summed E-state index contributed by atoms with van der Waals surface area (Å²) in [5.74, 6) is -1.48. The number of carbonyl (C=O) groups is 3. The predicted molar refractivity (Wildman–Crippen MR) is 97.5 cm³/mol. The minimum atomic E-state index is -0.894. The zero-order valence-corrected chi connectivity index (χ0v) is 15.1. The molecule has 0 aliphatic carbocycles. The van der Waals surface area contributed by atoms with Gasteiger partial charge in [-0.25, -0.2) is 4.39 Å². The van der Waals surface area contributed by atoms with Crippen molar-refractivity contribution in [3.05, 3.63) is 65.5 Å². The van der Waals surface area contributed by atoms with E-state index in [1.807, 2.05) is 6.07 Å². The number of hydrazine groups is 1. The number of hydrogen-bond acceptors (Lipinski definition) is 5. The van der Waals surface area contributed by atoms with Gasteiger partial charge in [0.1, 0.15) is 11.6 Å². The lowest BCUT2D eigenvalue weighted by atomic mass is 10.1. The van der Waals surface area contributed by atoms with Crippen LogP contribution in [0, 0.1) is 17.1 Å². The Hall–Kier alpha value is -3.73. The molecule has 1 atom stereocenters. The Morgan fingerprint density at radius 1 is 1.04 bits per heavy atom. The van der Waals surface area contributed by atoms with Crippen molar-refractivity contribution in [1.29, 1.82) is 5.26 Å². The average Bonchev–Trinajstić information content (AvgIpc) is 2.71. The molecule has 144 valence electrons. The van der Waals surface area contributed by atoms with Gasteiger partial charge in [0.25, 0.3) is 5.91 Å². The third-order valence-corrected chi connectivity index (χ3v) is 3.74. The lowest BCUT2D eigenvalue weighted by Gasteiger charge is -2.15. The summed E-state index contributed by atoms with van der Waals surface area (Å²) in [5.41, 5.74) is 5.20. The van der Waals surface area contributed by atoms with Crippen molar-refractivity contribution >= 4 is 17.6 Å². The van der Waals surface area contributed by atoms with Crippen molar-refractivity contribution in [3.8, 4) is 11.8 Å². The number of benzene rings is 2. The molecular formula is C20H18FN3O4. The molecule has 28 heavy (non-hydrogen) atoms. The zero-order valence-electron chi connectivity index (χ0n) is 15.1. The molecule has 0 radical (unpaired) electrons. The summed E-state index contributed by atoms with van der Waals surface area (Å²) in [7, 11) is 0. The molecule has 2 aromatic rings. The van der Waals surface area contributed by atoms with Crippen molar-refractivity contribution in [1.82, 2.24) is 10.9 Å². The van der Waals surface area contributed by atoms with Crippen molar-refractivity contribution in [2.24, 2.45) is 0 Å². The third-order valence-electron chi connectivity index (χ3n) is 3.74. The topological polar surface area (TPSA) is 108 Å². The monoisotopic (exact) mass is 383 g/mol. The first-order chi connectivity index (χ1) is 13.4. The minimum Gasteiger partial charge on any atom is -0.481 e. The number of nitrogens with zero attached hydrogens (tertiary/aromatic N) is 1. The highest BCUT2D eigenvalue weighted by atomic mass is 19.1. The molecule has 2 N–H and O–H groups in total. The molecule has 0 aliphatic rings.